The molecule has 1 heterocycles. The normalized spacial score (nSPS) is 9.89. The van der Waals surface area contributed by atoms with Gasteiger partial charge in [-0.05, 0) is 6.07 Å². The van der Waals surface area contributed by atoms with E-state index in [1.54, 1.807) is 0 Å². The molecule has 8 nitrogen and oxygen atoms in total. The number of ether oxygens (including phenoxy) is 1. The number of amides is 1. The fourth-order valence-electron chi connectivity index (χ4n) is 1.19. The lowest BCUT2D eigenvalue weighted by Gasteiger charge is -2.14. The maximum Gasteiger partial charge on any atom is 0.433 e. The van der Waals surface area contributed by atoms with Gasteiger partial charge in [0.1, 0.15) is 4.92 Å². The molecule has 0 saturated heterocycles. The summed E-state index contributed by atoms with van der Waals surface area (Å²) in [4.78, 5) is 33.5. The zero-order chi connectivity index (χ0) is 13.7. The van der Waals surface area contributed by atoms with Crippen LogP contribution in [0.1, 0.15) is 17.0 Å². The van der Waals surface area contributed by atoms with Crippen molar-refractivity contribution in [1.29, 1.82) is 0 Å². The molecule has 0 aromatic carbocycles. The molecule has 0 unspecified atom stereocenters. The molecule has 0 N–H and O–H groups in total. The van der Waals surface area contributed by atoms with Gasteiger partial charge in [-0.2, -0.15) is 0 Å². The maximum absolute atomic E-state index is 11.7. The Bertz CT molecular complexity index is 467. The summed E-state index contributed by atoms with van der Waals surface area (Å²) in [6.07, 6.45) is 0.0432. The minimum Gasteiger partial charge on any atom is -0.469 e. The van der Waals surface area contributed by atoms with Crippen molar-refractivity contribution in [3.05, 3.63) is 28.0 Å². The third-order valence-corrected chi connectivity index (χ3v) is 2.21. The van der Waals surface area contributed by atoms with Crippen LogP contribution in [-0.2, 0) is 9.53 Å². The Morgan fingerprint density at radius 1 is 1.50 bits per heavy atom. The van der Waals surface area contributed by atoms with E-state index in [0.717, 1.165) is 6.07 Å². The molecule has 0 radical (unpaired) electrons. The quantitative estimate of drug-likeness (QED) is 0.439. The van der Waals surface area contributed by atoms with Crippen LogP contribution in [-0.4, -0.2) is 42.4 Å². The lowest BCUT2D eigenvalue weighted by molar-refractivity contribution is -0.402. The molecule has 1 rings (SSSR count). The summed E-state index contributed by atoms with van der Waals surface area (Å²) in [6.45, 7) is 0.139. The zero-order valence-corrected chi connectivity index (χ0v) is 9.91. The third-order valence-electron chi connectivity index (χ3n) is 2.21. The summed E-state index contributed by atoms with van der Waals surface area (Å²) in [5, 5.41) is 10.4. The van der Waals surface area contributed by atoms with Crippen molar-refractivity contribution in [3.8, 4) is 0 Å². The van der Waals surface area contributed by atoms with Gasteiger partial charge in [0.05, 0.1) is 19.6 Å². The Balaban J connectivity index is 2.62. The second-order valence-electron chi connectivity index (χ2n) is 3.45. The third kappa shape index (κ3) is 3.30. The first-order valence-electron chi connectivity index (χ1n) is 5.02. The first-order chi connectivity index (χ1) is 8.45. The van der Waals surface area contributed by atoms with Gasteiger partial charge in [0.15, 0.2) is 5.76 Å². The van der Waals surface area contributed by atoms with Crippen molar-refractivity contribution in [2.24, 2.45) is 0 Å². The number of carbonyl (C=O) groups excluding carboxylic acids is 2. The smallest absolute Gasteiger partial charge is 0.433 e. The second-order valence-corrected chi connectivity index (χ2v) is 3.45. The Morgan fingerprint density at radius 2 is 2.17 bits per heavy atom. The molecule has 0 saturated carbocycles. The molecule has 0 fully saturated rings. The van der Waals surface area contributed by atoms with Crippen LogP contribution >= 0.6 is 0 Å². The summed E-state index contributed by atoms with van der Waals surface area (Å²) in [6, 6.07) is 2.32. The second kappa shape index (κ2) is 5.80. The molecule has 1 aromatic rings. The van der Waals surface area contributed by atoms with Crippen LogP contribution in [0.5, 0.6) is 0 Å². The summed E-state index contributed by atoms with van der Waals surface area (Å²) >= 11 is 0. The number of hydrogen-bond donors (Lipinski definition) is 0. The molecule has 8 heteroatoms. The van der Waals surface area contributed by atoms with Gasteiger partial charge in [0, 0.05) is 13.6 Å². The SMILES string of the molecule is COC(=O)CCN(C)C(=O)c1ccc([N+](=O)[O-])o1. The predicted molar refractivity (Wildman–Crippen MR) is 59.0 cm³/mol. The van der Waals surface area contributed by atoms with E-state index >= 15 is 0 Å². The zero-order valence-electron chi connectivity index (χ0n) is 9.91. The molecule has 18 heavy (non-hydrogen) atoms. The monoisotopic (exact) mass is 256 g/mol. The van der Waals surface area contributed by atoms with Gasteiger partial charge in [-0.15, -0.1) is 0 Å². The number of rotatable bonds is 5. The van der Waals surface area contributed by atoms with Gasteiger partial charge in [0.25, 0.3) is 5.91 Å². The van der Waals surface area contributed by atoms with Gasteiger partial charge in [-0.1, -0.05) is 0 Å². The van der Waals surface area contributed by atoms with Crippen LogP contribution in [0.15, 0.2) is 16.5 Å². The van der Waals surface area contributed by atoms with E-state index in [2.05, 4.69) is 4.74 Å². The van der Waals surface area contributed by atoms with Gasteiger partial charge >= 0.3 is 11.9 Å². The van der Waals surface area contributed by atoms with Crippen molar-refractivity contribution < 1.29 is 23.7 Å². The van der Waals surface area contributed by atoms with Gasteiger partial charge in [0.2, 0.25) is 0 Å². The summed E-state index contributed by atoms with van der Waals surface area (Å²) < 4.78 is 9.19. The lowest BCUT2D eigenvalue weighted by Crippen LogP contribution is -2.28. The Labute approximate surface area is 102 Å². The topological polar surface area (TPSA) is 103 Å². The molecule has 1 amide bonds. The summed E-state index contributed by atoms with van der Waals surface area (Å²) in [7, 11) is 2.71. The van der Waals surface area contributed by atoms with Crippen LogP contribution in [0.3, 0.4) is 0 Å². The summed E-state index contributed by atoms with van der Waals surface area (Å²) in [5.41, 5.74) is 0. The van der Waals surface area contributed by atoms with E-state index in [9.17, 15) is 19.7 Å². The molecule has 1 aromatic heterocycles. The highest BCUT2D eigenvalue weighted by Crippen LogP contribution is 2.16. The average molecular weight is 256 g/mol. The van der Waals surface area contributed by atoms with E-state index < -0.39 is 22.7 Å². The number of furan rings is 1. The Morgan fingerprint density at radius 3 is 2.67 bits per heavy atom. The van der Waals surface area contributed by atoms with E-state index in [4.69, 9.17) is 4.42 Å². The maximum atomic E-state index is 11.7. The number of hydrogen-bond acceptors (Lipinski definition) is 6. The van der Waals surface area contributed by atoms with Crippen LogP contribution < -0.4 is 0 Å². The molecule has 98 valence electrons. The van der Waals surface area contributed by atoms with Crippen LogP contribution in [0.4, 0.5) is 5.88 Å². The number of esters is 1. The average Bonchev–Trinajstić information content (AvgIpc) is 2.84. The molecular weight excluding hydrogens is 244 g/mol. The Hall–Kier alpha value is -2.38. The molecule has 0 aliphatic carbocycles. The van der Waals surface area contributed by atoms with Gasteiger partial charge < -0.3 is 14.1 Å². The molecule has 0 spiro atoms. The van der Waals surface area contributed by atoms with E-state index in [1.165, 1.54) is 25.1 Å². The van der Waals surface area contributed by atoms with E-state index in [-0.39, 0.29) is 18.7 Å². The highest BCUT2D eigenvalue weighted by molar-refractivity contribution is 5.91. The van der Waals surface area contributed by atoms with Crippen molar-refractivity contribution >= 4 is 17.8 Å². The highest BCUT2D eigenvalue weighted by atomic mass is 16.6. The Kier molecular flexibility index (Phi) is 4.41. The number of nitrogens with zero attached hydrogens (tertiary/aromatic N) is 2. The lowest BCUT2D eigenvalue weighted by atomic mass is 10.3. The molecule has 0 aliphatic heterocycles. The molecule has 0 bridgehead atoms. The first kappa shape index (κ1) is 13.7. The minimum absolute atomic E-state index is 0.0432. The van der Waals surface area contributed by atoms with Crippen LogP contribution in [0.2, 0.25) is 0 Å². The number of carbonyl (C=O) groups is 2. The first-order valence-corrected chi connectivity index (χ1v) is 5.02. The van der Waals surface area contributed by atoms with E-state index in [1.807, 2.05) is 0 Å². The van der Waals surface area contributed by atoms with Gasteiger partial charge in [-0.25, -0.2) is 0 Å². The van der Waals surface area contributed by atoms with Gasteiger partial charge in [-0.3, -0.25) is 19.7 Å². The van der Waals surface area contributed by atoms with E-state index in [0.29, 0.717) is 0 Å². The predicted octanol–water partition coefficient (Wildman–Crippen LogP) is 0.823. The molecule has 0 atom stereocenters. The standard InChI is InChI=1S/C10H12N2O6/c1-11(6-5-9(13)17-2)10(14)7-3-4-8(18-7)12(15)16/h3-4H,5-6H2,1-2H3. The van der Waals surface area contributed by atoms with Crippen LogP contribution in [0, 0.1) is 10.1 Å². The minimum atomic E-state index is -0.731. The fourth-order valence-corrected chi connectivity index (χ4v) is 1.19. The summed E-state index contributed by atoms with van der Waals surface area (Å²) in [5.74, 6) is -1.62. The fraction of sp³-hybridized carbons (Fsp3) is 0.400. The van der Waals surface area contributed by atoms with Crippen molar-refractivity contribution in [3.63, 3.8) is 0 Å². The van der Waals surface area contributed by atoms with Crippen molar-refractivity contribution in [2.75, 3.05) is 20.7 Å². The van der Waals surface area contributed by atoms with Crippen LogP contribution in [0.25, 0.3) is 0 Å². The number of nitro groups is 1. The number of methoxy groups -OCH3 is 1. The highest BCUT2D eigenvalue weighted by Gasteiger charge is 2.20. The largest absolute Gasteiger partial charge is 0.469 e. The van der Waals surface area contributed by atoms with Crippen molar-refractivity contribution in [2.45, 2.75) is 6.42 Å². The van der Waals surface area contributed by atoms with Crippen molar-refractivity contribution in [1.82, 2.24) is 4.90 Å². The molecule has 0 aliphatic rings. The molecular formula is C10H12N2O6.